The molecule has 4 heteroatoms. The molecule has 16 heavy (non-hydrogen) atoms. The fourth-order valence-electron chi connectivity index (χ4n) is 1.74. The lowest BCUT2D eigenvalue weighted by Crippen LogP contribution is -2.35. The molecule has 0 aliphatic carbocycles. The van der Waals surface area contributed by atoms with Gasteiger partial charge < -0.3 is 0 Å². The quantitative estimate of drug-likeness (QED) is 0.666. The van der Waals surface area contributed by atoms with E-state index in [4.69, 9.17) is 0 Å². The normalized spacial score (nSPS) is 15.7. The number of benzene rings is 1. The standard InChI is InChI=1S/C12H11NO3/c1-8-4-2-3-5-9(8)12(16)13-10(14)6-7-11(13)15/h2-5H,6-7H2,1H3. The van der Waals surface area contributed by atoms with Gasteiger partial charge in [-0.05, 0) is 18.6 Å². The Kier molecular flexibility index (Phi) is 2.56. The molecule has 0 aromatic heterocycles. The molecule has 1 aromatic rings. The van der Waals surface area contributed by atoms with Gasteiger partial charge in [0, 0.05) is 18.4 Å². The Balaban J connectivity index is 2.36. The number of carbonyl (C=O) groups is 3. The van der Waals surface area contributed by atoms with Crippen molar-refractivity contribution >= 4 is 17.7 Å². The average molecular weight is 217 g/mol. The fourth-order valence-corrected chi connectivity index (χ4v) is 1.74. The molecule has 1 saturated heterocycles. The van der Waals surface area contributed by atoms with Gasteiger partial charge in [0.1, 0.15) is 0 Å². The van der Waals surface area contributed by atoms with Crippen LogP contribution in [0.2, 0.25) is 0 Å². The summed E-state index contributed by atoms with van der Waals surface area (Å²) in [6.07, 6.45) is 0.271. The molecule has 1 aliphatic rings. The van der Waals surface area contributed by atoms with Gasteiger partial charge in [0.2, 0.25) is 11.8 Å². The van der Waals surface area contributed by atoms with E-state index < -0.39 is 17.7 Å². The van der Waals surface area contributed by atoms with Gasteiger partial charge >= 0.3 is 0 Å². The molecule has 0 spiro atoms. The van der Waals surface area contributed by atoms with Crippen molar-refractivity contribution in [2.45, 2.75) is 19.8 Å². The van der Waals surface area contributed by atoms with Crippen molar-refractivity contribution in [2.24, 2.45) is 0 Å². The summed E-state index contributed by atoms with van der Waals surface area (Å²) >= 11 is 0. The van der Waals surface area contributed by atoms with Crippen molar-refractivity contribution in [3.8, 4) is 0 Å². The first kappa shape index (κ1) is 10.5. The molecule has 0 bridgehead atoms. The molecule has 3 amide bonds. The lowest BCUT2D eigenvalue weighted by Gasteiger charge is -2.13. The van der Waals surface area contributed by atoms with Gasteiger partial charge in [-0.15, -0.1) is 0 Å². The number of hydrogen-bond acceptors (Lipinski definition) is 3. The van der Waals surface area contributed by atoms with Gasteiger partial charge in [-0.25, -0.2) is 4.90 Å². The molecule has 1 heterocycles. The number of carbonyl (C=O) groups excluding carboxylic acids is 3. The van der Waals surface area contributed by atoms with Gasteiger partial charge in [-0.1, -0.05) is 18.2 Å². The Bertz CT molecular complexity index is 463. The van der Waals surface area contributed by atoms with Crippen LogP contribution in [0.3, 0.4) is 0 Å². The van der Waals surface area contributed by atoms with Gasteiger partial charge in [-0.2, -0.15) is 0 Å². The highest BCUT2D eigenvalue weighted by atomic mass is 16.2. The van der Waals surface area contributed by atoms with Gasteiger partial charge in [-0.3, -0.25) is 14.4 Å². The number of imide groups is 3. The first-order chi connectivity index (χ1) is 7.61. The van der Waals surface area contributed by atoms with Crippen LogP contribution in [0.15, 0.2) is 24.3 Å². The third-order valence-electron chi connectivity index (χ3n) is 2.63. The SMILES string of the molecule is Cc1ccccc1C(=O)N1C(=O)CCC1=O. The highest BCUT2D eigenvalue weighted by Crippen LogP contribution is 2.17. The van der Waals surface area contributed by atoms with Crippen molar-refractivity contribution in [1.82, 2.24) is 4.90 Å². The molecule has 0 atom stereocenters. The Morgan fingerprint density at radius 1 is 1.12 bits per heavy atom. The van der Waals surface area contributed by atoms with E-state index in [1.54, 1.807) is 31.2 Å². The van der Waals surface area contributed by atoms with E-state index >= 15 is 0 Å². The van der Waals surface area contributed by atoms with Crippen molar-refractivity contribution < 1.29 is 14.4 Å². The molecule has 1 fully saturated rings. The summed E-state index contributed by atoms with van der Waals surface area (Å²) in [6, 6.07) is 6.92. The largest absolute Gasteiger partial charge is 0.274 e. The molecule has 82 valence electrons. The van der Waals surface area contributed by atoms with E-state index in [0.29, 0.717) is 5.56 Å². The van der Waals surface area contributed by atoms with Crippen molar-refractivity contribution in [1.29, 1.82) is 0 Å². The van der Waals surface area contributed by atoms with E-state index in [-0.39, 0.29) is 12.8 Å². The maximum Gasteiger partial charge on any atom is 0.267 e. The second-order valence-corrected chi connectivity index (χ2v) is 3.74. The number of likely N-dealkylation sites (tertiary alicyclic amines) is 1. The van der Waals surface area contributed by atoms with Crippen LogP contribution < -0.4 is 0 Å². The molecule has 0 N–H and O–H groups in total. The van der Waals surface area contributed by atoms with Crippen LogP contribution >= 0.6 is 0 Å². The molecular formula is C12H11NO3. The van der Waals surface area contributed by atoms with Crippen LogP contribution in [0.4, 0.5) is 0 Å². The minimum absolute atomic E-state index is 0.135. The van der Waals surface area contributed by atoms with Crippen LogP contribution in [-0.2, 0) is 9.59 Å². The summed E-state index contributed by atoms with van der Waals surface area (Å²) < 4.78 is 0. The molecule has 0 radical (unpaired) electrons. The zero-order valence-corrected chi connectivity index (χ0v) is 8.90. The number of hydrogen-bond donors (Lipinski definition) is 0. The Hall–Kier alpha value is -1.97. The third-order valence-corrected chi connectivity index (χ3v) is 2.63. The summed E-state index contributed by atoms with van der Waals surface area (Å²) in [6.45, 7) is 1.78. The molecule has 0 saturated carbocycles. The maximum absolute atomic E-state index is 12.0. The fraction of sp³-hybridized carbons (Fsp3) is 0.250. The summed E-state index contributed by atoms with van der Waals surface area (Å²) in [7, 11) is 0. The smallest absolute Gasteiger partial charge is 0.267 e. The van der Waals surface area contributed by atoms with Gasteiger partial charge in [0.25, 0.3) is 5.91 Å². The lowest BCUT2D eigenvalue weighted by molar-refractivity contribution is -0.134. The zero-order valence-electron chi connectivity index (χ0n) is 8.90. The number of rotatable bonds is 1. The Morgan fingerprint density at radius 3 is 2.25 bits per heavy atom. The topological polar surface area (TPSA) is 54.5 Å². The number of nitrogens with zero attached hydrogens (tertiary/aromatic N) is 1. The molecule has 4 nitrogen and oxygen atoms in total. The minimum Gasteiger partial charge on any atom is -0.274 e. The Labute approximate surface area is 92.9 Å². The monoisotopic (exact) mass is 217 g/mol. The van der Waals surface area contributed by atoms with Crippen LogP contribution in [0.1, 0.15) is 28.8 Å². The molecule has 0 unspecified atom stereocenters. The van der Waals surface area contributed by atoms with Crippen molar-refractivity contribution in [3.05, 3.63) is 35.4 Å². The van der Waals surface area contributed by atoms with Crippen molar-refractivity contribution in [2.75, 3.05) is 0 Å². The Morgan fingerprint density at radius 2 is 1.69 bits per heavy atom. The second-order valence-electron chi connectivity index (χ2n) is 3.74. The molecule has 1 aromatic carbocycles. The van der Waals surface area contributed by atoms with Crippen molar-refractivity contribution in [3.63, 3.8) is 0 Å². The van der Waals surface area contributed by atoms with Crippen LogP contribution in [0.5, 0.6) is 0 Å². The van der Waals surface area contributed by atoms with Crippen LogP contribution in [0, 0.1) is 6.92 Å². The summed E-state index contributed by atoms with van der Waals surface area (Å²) in [5.41, 5.74) is 1.17. The van der Waals surface area contributed by atoms with E-state index in [1.165, 1.54) is 0 Å². The first-order valence-electron chi connectivity index (χ1n) is 5.07. The van der Waals surface area contributed by atoms with Gasteiger partial charge in [0.05, 0.1) is 0 Å². The van der Waals surface area contributed by atoms with E-state index in [9.17, 15) is 14.4 Å². The molecular weight excluding hydrogens is 206 g/mol. The highest BCUT2D eigenvalue weighted by Gasteiger charge is 2.35. The van der Waals surface area contributed by atoms with E-state index in [2.05, 4.69) is 0 Å². The predicted octanol–water partition coefficient (Wildman–Crippen LogP) is 1.28. The summed E-state index contributed by atoms with van der Waals surface area (Å²) in [5, 5.41) is 0. The molecule has 1 aliphatic heterocycles. The summed E-state index contributed by atoms with van der Waals surface area (Å²) in [5.74, 6) is -1.32. The third kappa shape index (κ3) is 1.62. The maximum atomic E-state index is 12.0. The average Bonchev–Trinajstić information content (AvgIpc) is 2.58. The predicted molar refractivity (Wildman–Crippen MR) is 56.6 cm³/mol. The zero-order chi connectivity index (χ0) is 11.7. The van der Waals surface area contributed by atoms with E-state index in [0.717, 1.165) is 10.5 Å². The number of aryl methyl sites for hydroxylation is 1. The first-order valence-corrected chi connectivity index (χ1v) is 5.07. The van der Waals surface area contributed by atoms with E-state index in [1.807, 2.05) is 0 Å². The lowest BCUT2D eigenvalue weighted by atomic mass is 10.1. The highest BCUT2D eigenvalue weighted by molar-refractivity contribution is 6.19. The molecule has 2 rings (SSSR count). The van der Waals surface area contributed by atoms with Crippen LogP contribution in [0.25, 0.3) is 0 Å². The summed E-state index contributed by atoms with van der Waals surface area (Å²) in [4.78, 5) is 35.5. The van der Waals surface area contributed by atoms with Gasteiger partial charge in [0.15, 0.2) is 0 Å². The van der Waals surface area contributed by atoms with Crippen LogP contribution in [-0.4, -0.2) is 22.6 Å². The number of amides is 3. The minimum atomic E-state index is -0.509. The second kappa shape index (κ2) is 3.89.